The molecule has 68 heavy (non-hydrogen) atoms. The van der Waals surface area contributed by atoms with Crippen molar-refractivity contribution in [2.75, 3.05) is 23.8 Å². The molecule has 0 aliphatic rings. The van der Waals surface area contributed by atoms with Crippen LogP contribution in [0, 0.1) is 0 Å². The molecule has 6 nitrogen and oxygen atoms in total. The normalized spacial score (nSPS) is 11.3. The summed E-state index contributed by atoms with van der Waals surface area (Å²) in [6, 6.07) is 24.2. The molecular formula is C62H94N2O4. The molecule has 4 rings (SSSR count). The maximum absolute atomic E-state index is 13.2. The number of anilines is 2. The van der Waals surface area contributed by atoms with Gasteiger partial charge in [0.15, 0.2) is 0 Å². The van der Waals surface area contributed by atoms with E-state index in [1.54, 1.807) is 0 Å². The van der Waals surface area contributed by atoms with Crippen molar-refractivity contribution in [3.05, 3.63) is 84.9 Å². The molecule has 376 valence electrons. The highest BCUT2D eigenvalue weighted by atomic mass is 16.5. The predicted molar refractivity (Wildman–Crippen MR) is 294 cm³/mol. The Bertz CT molecular complexity index is 1830. The highest BCUT2D eigenvalue weighted by Gasteiger charge is 2.14. The van der Waals surface area contributed by atoms with Gasteiger partial charge in [0.1, 0.15) is 24.7 Å². The molecule has 4 aromatic rings. The van der Waals surface area contributed by atoms with Gasteiger partial charge in [-0.2, -0.15) is 0 Å². The minimum Gasteiger partial charge on any atom is -0.487 e. The average Bonchev–Trinajstić information content (AvgIpc) is 3.34. The van der Waals surface area contributed by atoms with Gasteiger partial charge in [0.25, 0.3) is 0 Å². The Morgan fingerprint density at radius 3 is 0.912 bits per heavy atom. The molecule has 6 heteroatoms. The second kappa shape index (κ2) is 36.6. The first-order valence-corrected chi connectivity index (χ1v) is 28.0. The summed E-state index contributed by atoms with van der Waals surface area (Å²) in [5.41, 5.74) is 2.08. The van der Waals surface area contributed by atoms with Gasteiger partial charge in [0.2, 0.25) is 11.8 Å². The summed E-state index contributed by atoms with van der Waals surface area (Å²) in [6.45, 7) is 9.28. The van der Waals surface area contributed by atoms with Gasteiger partial charge < -0.3 is 20.1 Å². The standard InChI is InChI=1S/C62H94N2O4/c1-4-6-8-10-12-14-16-18-20-22-24-26-28-30-32-34-44-61(65)63-57-46-53-40-36-38-42-55(53)48-59(57)67-50-52(3)51-68-60-49-56-43-39-37-41-54(56)47-58(60)64-62(66)45-35-33-31-29-27-25-23-21-19-17-15-13-11-9-7-5-2/h36-43,46-49H,3-35,44-45,50-51H2,1-2H3,(H,63,65)(H,64,66). The molecule has 0 heterocycles. The summed E-state index contributed by atoms with van der Waals surface area (Å²) < 4.78 is 12.7. The first kappa shape index (κ1) is 56.3. The summed E-state index contributed by atoms with van der Waals surface area (Å²) in [5, 5.41) is 10.5. The topological polar surface area (TPSA) is 76.7 Å². The molecule has 0 aromatic heterocycles. The number of nitrogens with one attached hydrogen (secondary N) is 2. The van der Waals surface area contributed by atoms with Gasteiger partial charge in [-0.15, -0.1) is 0 Å². The molecular weight excluding hydrogens is 837 g/mol. The first-order chi connectivity index (χ1) is 33.5. The van der Waals surface area contributed by atoms with Crippen molar-refractivity contribution in [2.24, 2.45) is 0 Å². The first-order valence-electron chi connectivity index (χ1n) is 28.0. The van der Waals surface area contributed by atoms with Crippen LogP contribution in [0.2, 0.25) is 0 Å². The van der Waals surface area contributed by atoms with Crippen LogP contribution in [0.1, 0.15) is 232 Å². The van der Waals surface area contributed by atoms with Crippen molar-refractivity contribution in [3.8, 4) is 11.5 Å². The molecule has 0 spiro atoms. The van der Waals surface area contributed by atoms with Gasteiger partial charge >= 0.3 is 0 Å². The quantitative estimate of drug-likeness (QED) is 0.0343. The number of carbonyl (C=O) groups excluding carboxylic acids is 2. The molecule has 0 radical (unpaired) electrons. The third-order valence-electron chi connectivity index (χ3n) is 13.6. The van der Waals surface area contributed by atoms with E-state index in [0.29, 0.717) is 35.7 Å². The van der Waals surface area contributed by atoms with E-state index in [0.717, 1.165) is 52.8 Å². The van der Waals surface area contributed by atoms with Crippen molar-refractivity contribution in [3.63, 3.8) is 0 Å². The number of ether oxygens (including phenoxy) is 2. The summed E-state index contributed by atoms with van der Waals surface area (Å²) in [5.74, 6) is 1.24. The van der Waals surface area contributed by atoms with Crippen molar-refractivity contribution < 1.29 is 19.1 Å². The van der Waals surface area contributed by atoms with Crippen LogP contribution in [-0.2, 0) is 9.59 Å². The Morgan fingerprint density at radius 1 is 0.382 bits per heavy atom. The third kappa shape index (κ3) is 24.8. The largest absolute Gasteiger partial charge is 0.487 e. The lowest BCUT2D eigenvalue weighted by Gasteiger charge is -2.17. The van der Waals surface area contributed by atoms with Crippen LogP contribution in [0.25, 0.3) is 21.5 Å². The van der Waals surface area contributed by atoms with Gasteiger partial charge in [-0.3, -0.25) is 9.59 Å². The number of hydrogen-bond donors (Lipinski definition) is 2. The fourth-order valence-corrected chi connectivity index (χ4v) is 9.37. The number of hydrogen-bond acceptors (Lipinski definition) is 4. The van der Waals surface area contributed by atoms with Crippen molar-refractivity contribution in [2.45, 2.75) is 232 Å². The van der Waals surface area contributed by atoms with Gasteiger partial charge in [-0.25, -0.2) is 0 Å². The smallest absolute Gasteiger partial charge is 0.224 e. The number of unbranched alkanes of at least 4 members (excludes halogenated alkanes) is 30. The van der Waals surface area contributed by atoms with E-state index in [1.807, 2.05) is 48.5 Å². The number of rotatable bonds is 42. The number of benzene rings is 4. The fourth-order valence-electron chi connectivity index (χ4n) is 9.37. The second-order valence-corrected chi connectivity index (χ2v) is 19.9. The zero-order valence-electron chi connectivity index (χ0n) is 43.2. The number of amides is 2. The molecule has 2 amide bonds. The predicted octanol–water partition coefficient (Wildman–Crippen LogP) is 19.2. The maximum atomic E-state index is 13.2. The lowest BCUT2D eigenvalue weighted by atomic mass is 10.0. The molecule has 0 saturated heterocycles. The Labute approximate surface area is 414 Å². The number of carbonyl (C=O) groups is 2. The molecule has 0 fully saturated rings. The van der Waals surface area contributed by atoms with Gasteiger partial charge in [-0.05, 0) is 64.2 Å². The van der Waals surface area contributed by atoms with E-state index >= 15 is 0 Å². The van der Waals surface area contributed by atoms with Gasteiger partial charge in [0.05, 0.1) is 11.4 Å². The second-order valence-electron chi connectivity index (χ2n) is 19.9. The molecule has 0 aliphatic heterocycles. The van der Waals surface area contributed by atoms with Crippen LogP contribution in [0.5, 0.6) is 11.5 Å². The Hall–Kier alpha value is -4.32. The molecule has 0 unspecified atom stereocenters. The van der Waals surface area contributed by atoms with Crippen LogP contribution in [0.15, 0.2) is 84.9 Å². The van der Waals surface area contributed by atoms with E-state index < -0.39 is 0 Å². The van der Waals surface area contributed by atoms with E-state index in [2.05, 4.69) is 55.3 Å². The van der Waals surface area contributed by atoms with Gasteiger partial charge in [-0.1, -0.05) is 262 Å². The van der Waals surface area contributed by atoms with Crippen LogP contribution >= 0.6 is 0 Å². The van der Waals surface area contributed by atoms with Crippen LogP contribution in [0.4, 0.5) is 11.4 Å². The van der Waals surface area contributed by atoms with E-state index in [9.17, 15) is 9.59 Å². The zero-order valence-corrected chi connectivity index (χ0v) is 43.2. The lowest BCUT2D eigenvalue weighted by molar-refractivity contribution is -0.117. The monoisotopic (exact) mass is 931 g/mol. The lowest BCUT2D eigenvalue weighted by Crippen LogP contribution is -2.15. The Balaban J connectivity index is 1.14. The van der Waals surface area contributed by atoms with E-state index in [4.69, 9.17) is 9.47 Å². The van der Waals surface area contributed by atoms with Crippen molar-refractivity contribution in [1.29, 1.82) is 0 Å². The fraction of sp³-hybridized carbons (Fsp3) is 0.613. The minimum atomic E-state index is 0.0124. The van der Waals surface area contributed by atoms with E-state index in [1.165, 1.54) is 180 Å². The summed E-state index contributed by atoms with van der Waals surface area (Å²) >= 11 is 0. The SMILES string of the molecule is C=C(COc1cc2ccccc2cc1NC(=O)CCCCCCCCCCCCCCCCCC)COc1cc2ccccc2cc1NC(=O)CCCCCCCCCCCCCCCCCC. The Morgan fingerprint density at radius 2 is 0.632 bits per heavy atom. The van der Waals surface area contributed by atoms with Crippen molar-refractivity contribution in [1.82, 2.24) is 0 Å². The molecule has 0 atom stereocenters. The zero-order chi connectivity index (χ0) is 48.1. The molecule has 4 aromatic carbocycles. The minimum absolute atomic E-state index is 0.0124. The van der Waals surface area contributed by atoms with Crippen LogP contribution in [-0.4, -0.2) is 25.0 Å². The average molecular weight is 931 g/mol. The third-order valence-corrected chi connectivity index (χ3v) is 13.6. The number of fused-ring (bicyclic) bond motifs is 2. The van der Waals surface area contributed by atoms with Gasteiger partial charge in [0, 0.05) is 12.8 Å². The van der Waals surface area contributed by atoms with Crippen LogP contribution in [0.3, 0.4) is 0 Å². The molecule has 2 N–H and O–H groups in total. The van der Waals surface area contributed by atoms with Crippen LogP contribution < -0.4 is 20.1 Å². The highest BCUT2D eigenvalue weighted by Crippen LogP contribution is 2.33. The molecule has 0 aliphatic carbocycles. The van der Waals surface area contributed by atoms with Crippen molar-refractivity contribution >= 4 is 44.7 Å². The maximum Gasteiger partial charge on any atom is 0.224 e. The molecule has 0 saturated carbocycles. The highest BCUT2D eigenvalue weighted by molar-refractivity contribution is 5.98. The molecule has 0 bridgehead atoms. The summed E-state index contributed by atoms with van der Waals surface area (Å²) in [4.78, 5) is 26.4. The summed E-state index contributed by atoms with van der Waals surface area (Å²) in [7, 11) is 0. The summed E-state index contributed by atoms with van der Waals surface area (Å²) in [6.07, 6.45) is 42.9. The Kier molecular flexibility index (Phi) is 30.3. The van der Waals surface area contributed by atoms with E-state index in [-0.39, 0.29) is 25.0 Å².